The monoisotopic (exact) mass is 1190 g/mol. The molecule has 0 fully saturated rings. The first-order valence-electron chi connectivity index (χ1n) is 26.7. The van der Waals surface area contributed by atoms with Crippen molar-refractivity contribution in [2.24, 2.45) is 0 Å². The molecule has 0 aliphatic heterocycles. The van der Waals surface area contributed by atoms with Crippen molar-refractivity contribution in [3.8, 4) is 62.1 Å². The molecule has 0 spiro atoms. The van der Waals surface area contributed by atoms with Crippen LogP contribution in [0.2, 0.25) is 0 Å². The van der Waals surface area contributed by atoms with Gasteiger partial charge in [0.2, 0.25) is 0 Å². The largest absolute Gasteiger partial charge is 0.510 e. The number of benzene rings is 9. The quantitative estimate of drug-likeness (QED) is 0.0956. The number of pyridine rings is 1. The van der Waals surface area contributed by atoms with Crippen molar-refractivity contribution in [1.29, 1.82) is 0 Å². The number of aromatic nitrogens is 4. The molecule has 0 N–H and O–H groups in total. The van der Waals surface area contributed by atoms with Crippen LogP contribution in [0.15, 0.2) is 219 Å². The molecule has 0 aliphatic carbocycles. The molecule has 0 atom stereocenters. The first kappa shape index (κ1) is 52.0. The van der Waals surface area contributed by atoms with E-state index in [1.54, 1.807) is 0 Å². The van der Waals surface area contributed by atoms with Gasteiger partial charge < -0.3 is 13.9 Å². The van der Waals surface area contributed by atoms with Crippen molar-refractivity contribution >= 4 is 32.8 Å². The first-order valence-corrected chi connectivity index (χ1v) is 26.7. The fourth-order valence-corrected chi connectivity index (χ4v) is 10.9. The van der Waals surface area contributed by atoms with Gasteiger partial charge in [-0.1, -0.05) is 231 Å². The van der Waals surface area contributed by atoms with Gasteiger partial charge in [-0.3, -0.25) is 4.57 Å². The summed E-state index contributed by atoms with van der Waals surface area (Å²) in [7, 11) is 0. The Hall–Kier alpha value is -8.11. The third kappa shape index (κ3) is 9.93. The maximum atomic E-state index is 6.81. The summed E-state index contributed by atoms with van der Waals surface area (Å²) >= 11 is 0. The average molecular weight is 1190 g/mol. The van der Waals surface area contributed by atoms with Crippen LogP contribution in [0.25, 0.3) is 83.4 Å². The number of hydrogen-bond donors (Lipinski definition) is 0. The molecule has 0 amide bonds. The van der Waals surface area contributed by atoms with Crippen molar-refractivity contribution in [3.05, 3.63) is 259 Å². The van der Waals surface area contributed by atoms with Crippen molar-refractivity contribution in [3.63, 3.8) is 0 Å². The van der Waals surface area contributed by atoms with Gasteiger partial charge in [-0.25, -0.2) is 4.98 Å². The Bertz CT molecular complexity index is 4110. The summed E-state index contributed by atoms with van der Waals surface area (Å²) in [5, 5.41) is 2.19. The molecular formula is C72H62N4OPt-2. The van der Waals surface area contributed by atoms with Gasteiger partial charge in [0.15, 0.2) is 0 Å². The van der Waals surface area contributed by atoms with E-state index in [-0.39, 0.29) is 37.3 Å². The number of rotatable bonds is 11. The van der Waals surface area contributed by atoms with Crippen LogP contribution in [0.3, 0.4) is 0 Å². The van der Waals surface area contributed by atoms with Crippen molar-refractivity contribution < 1.29 is 30.4 Å². The summed E-state index contributed by atoms with van der Waals surface area (Å²) in [6.07, 6.45) is 6.72. The summed E-state index contributed by atoms with van der Waals surface area (Å²) in [6, 6.07) is 82.8. The Morgan fingerprint density at radius 3 is 1.74 bits per heavy atom. The normalized spacial score (nSPS) is 12.1. The molecule has 78 heavy (non-hydrogen) atoms. The van der Waals surface area contributed by atoms with Crippen LogP contribution in [-0.4, -0.2) is 14.1 Å². The number of imidazole rings is 1. The zero-order chi connectivity index (χ0) is 53.1. The Balaban J connectivity index is 0.00000645. The van der Waals surface area contributed by atoms with Gasteiger partial charge in [-0.15, -0.1) is 29.7 Å². The van der Waals surface area contributed by atoms with Gasteiger partial charge in [0.1, 0.15) is 5.82 Å². The fraction of sp³-hybridized carbons (Fsp3) is 0.167. The predicted octanol–water partition coefficient (Wildman–Crippen LogP) is 17.7. The molecule has 6 heteroatoms. The van der Waals surface area contributed by atoms with Crippen LogP contribution < -0.4 is 9.30 Å². The van der Waals surface area contributed by atoms with Gasteiger partial charge in [0.05, 0.1) is 16.7 Å². The first-order chi connectivity index (χ1) is 37.2. The maximum Gasteiger partial charge on any atom is 0.268 e. The number of nitrogens with zero attached hydrogens (tertiary/aromatic N) is 4. The van der Waals surface area contributed by atoms with E-state index in [1.165, 1.54) is 27.8 Å². The van der Waals surface area contributed by atoms with E-state index in [2.05, 4.69) is 282 Å². The number of fused-ring (bicyclic) bond motifs is 4. The van der Waals surface area contributed by atoms with Crippen molar-refractivity contribution in [1.82, 2.24) is 14.1 Å². The van der Waals surface area contributed by atoms with E-state index < -0.39 is 0 Å². The van der Waals surface area contributed by atoms with Gasteiger partial charge in [0, 0.05) is 49.8 Å². The zero-order valence-corrected chi connectivity index (χ0v) is 47.8. The second-order valence-corrected chi connectivity index (χ2v) is 23.1. The molecule has 0 saturated carbocycles. The summed E-state index contributed by atoms with van der Waals surface area (Å²) in [5.74, 6) is 1.97. The van der Waals surface area contributed by atoms with Gasteiger partial charge in [0.25, 0.3) is 6.33 Å². The van der Waals surface area contributed by atoms with E-state index in [0.29, 0.717) is 11.5 Å². The number of ether oxygens (including phenoxy) is 1. The van der Waals surface area contributed by atoms with Gasteiger partial charge in [-0.05, 0) is 95.9 Å². The van der Waals surface area contributed by atoms with E-state index in [1.807, 2.05) is 24.4 Å². The van der Waals surface area contributed by atoms with E-state index in [9.17, 15) is 0 Å². The minimum Gasteiger partial charge on any atom is -0.510 e. The van der Waals surface area contributed by atoms with Gasteiger partial charge >= 0.3 is 0 Å². The van der Waals surface area contributed by atoms with Crippen LogP contribution >= 0.6 is 0 Å². The van der Waals surface area contributed by atoms with E-state index >= 15 is 0 Å². The molecule has 0 unspecified atom stereocenters. The Kier molecular flexibility index (Phi) is 13.8. The minimum atomic E-state index is -0.141. The molecule has 0 aliphatic rings. The second kappa shape index (κ2) is 20.7. The molecule has 0 saturated heterocycles. The van der Waals surface area contributed by atoms with E-state index in [4.69, 9.17) is 9.72 Å². The molecule has 12 aromatic rings. The number of para-hydroxylation sites is 4. The van der Waals surface area contributed by atoms with Crippen LogP contribution in [0, 0.1) is 18.5 Å². The Labute approximate surface area is 473 Å². The molecule has 0 radical (unpaired) electrons. The fourth-order valence-electron chi connectivity index (χ4n) is 10.9. The Morgan fingerprint density at radius 1 is 0.487 bits per heavy atom. The SMILES string of the molecule is CC(C)(C)c1cc(-c2cccc(-c3ccccc3)c2-[n+]2[c-]n(-c3[c-]c(Oc4[c-]c5c(cc4)c4ccccc4n5-c4cc(CC(C)(C)c5ccccc5)c(-c5ccccc5)cn4)ccc3)c3ccccc32)cc(C(C)(C)C)c1.[Pt]. The molecule has 12 rings (SSSR count). The Morgan fingerprint density at radius 2 is 1.06 bits per heavy atom. The molecular weight excluding hydrogens is 1130 g/mol. The standard InChI is InChI=1S/C72H62N4O.Pt/c1-70(2,3)54-40-51(41-55(43-54)71(4,5)6)60-34-23-33-59(49-24-12-9-13-25-49)69(60)75-48-74(65-36-20-21-37-66(65)75)56-30-22-31-57(44-56)77-58-38-39-62-61-32-18-19-35-64(61)76(67(62)45-58)68-42-52(46-72(7,8)53-28-16-11-17-29-53)63(47-73-68)50-26-14-10-15-27-50;/h9-43,47H,46H2,1-8H3;/q-2;. The molecule has 3 aromatic heterocycles. The third-order valence-electron chi connectivity index (χ3n) is 15.1. The van der Waals surface area contributed by atoms with Crippen LogP contribution in [0.4, 0.5) is 0 Å². The summed E-state index contributed by atoms with van der Waals surface area (Å²) < 4.78 is 13.4. The van der Waals surface area contributed by atoms with Crippen LogP contribution in [-0.2, 0) is 43.7 Å². The summed E-state index contributed by atoms with van der Waals surface area (Å²) in [4.78, 5) is 5.23. The summed E-state index contributed by atoms with van der Waals surface area (Å²) in [6.45, 7) is 18.4. The molecule has 0 bridgehead atoms. The maximum absolute atomic E-state index is 6.81. The summed E-state index contributed by atoms with van der Waals surface area (Å²) in [5.41, 5.74) is 17.5. The molecule has 5 nitrogen and oxygen atoms in total. The smallest absolute Gasteiger partial charge is 0.268 e. The second-order valence-electron chi connectivity index (χ2n) is 23.1. The van der Waals surface area contributed by atoms with Gasteiger partial charge in [-0.2, -0.15) is 18.2 Å². The topological polar surface area (TPSA) is 35.9 Å². The molecule has 388 valence electrons. The molecule has 9 aromatic carbocycles. The average Bonchev–Trinajstić information content (AvgIpc) is 4.02. The minimum absolute atomic E-state index is 0. The van der Waals surface area contributed by atoms with Crippen molar-refractivity contribution in [2.75, 3.05) is 0 Å². The zero-order valence-electron chi connectivity index (χ0n) is 45.5. The van der Waals surface area contributed by atoms with E-state index in [0.717, 1.165) is 84.3 Å². The third-order valence-corrected chi connectivity index (χ3v) is 15.1. The molecule has 3 heterocycles. The number of hydrogen-bond acceptors (Lipinski definition) is 2. The van der Waals surface area contributed by atoms with Crippen LogP contribution in [0.5, 0.6) is 11.5 Å². The van der Waals surface area contributed by atoms with Crippen molar-refractivity contribution in [2.45, 2.75) is 78.1 Å². The van der Waals surface area contributed by atoms with Crippen LogP contribution in [0.1, 0.15) is 77.6 Å². The predicted molar refractivity (Wildman–Crippen MR) is 317 cm³/mol.